The van der Waals surface area contributed by atoms with E-state index in [1.807, 2.05) is 13.8 Å². The van der Waals surface area contributed by atoms with E-state index in [-0.39, 0.29) is 62.9 Å². The van der Waals surface area contributed by atoms with Gasteiger partial charge in [-0.15, -0.1) is 0 Å². The lowest BCUT2D eigenvalue weighted by atomic mass is 10.00. The third-order valence-corrected chi connectivity index (χ3v) is 5.38. The summed E-state index contributed by atoms with van der Waals surface area (Å²) in [6.07, 6.45) is 2.50. The van der Waals surface area contributed by atoms with E-state index in [2.05, 4.69) is 10.6 Å². The van der Waals surface area contributed by atoms with Crippen LogP contribution < -0.4 is 10.6 Å². The number of rotatable bonds is 12. The first-order valence-corrected chi connectivity index (χ1v) is 10.9. The second-order valence-corrected chi connectivity index (χ2v) is 8.88. The van der Waals surface area contributed by atoms with Gasteiger partial charge in [0.15, 0.2) is 5.78 Å². The smallest absolute Gasteiger partial charge is 0.243 e. The molecule has 1 saturated heterocycles. The lowest BCUT2D eigenvalue weighted by molar-refractivity contribution is -0.139. The van der Waals surface area contributed by atoms with E-state index in [1.165, 1.54) is 4.90 Å². The van der Waals surface area contributed by atoms with Gasteiger partial charge in [-0.3, -0.25) is 28.9 Å². The highest BCUT2D eigenvalue weighted by Gasteiger charge is 2.34. The van der Waals surface area contributed by atoms with Crippen LogP contribution in [0.25, 0.3) is 0 Å². The maximum Gasteiger partial charge on any atom is 0.243 e. The van der Waals surface area contributed by atoms with Crippen molar-refractivity contribution in [3.05, 3.63) is 0 Å². The number of hydrogen-bond donors (Lipinski definition) is 2. The van der Waals surface area contributed by atoms with Crippen LogP contribution in [-0.4, -0.2) is 52.9 Å². The molecule has 0 radical (unpaired) electrons. The maximum absolute atomic E-state index is 12.5. The van der Waals surface area contributed by atoms with Crippen molar-refractivity contribution in [1.29, 1.82) is 0 Å². The summed E-state index contributed by atoms with van der Waals surface area (Å²) >= 11 is 0. The summed E-state index contributed by atoms with van der Waals surface area (Å²) in [6, 6.07) is -1.31. The van der Waals surface area contributed by atoms with Crippen LogP contribution in [0.2, 0.25) is 0 Å². The zero-order valence-electron chi connectivity index (χ0n) is 19.1. The molecule has 1 aliphatic rings. The topological polar surface area (TPSA) is 113 Å². The molecule has 1 heterocycles. The lowest BCUT2D eigenvalue weighted by Crippen LogP contribution is -2.53. The molecule has 1 rings (SSSR count). The van der Waals surface area contributed by atoms with E-state index in [1.54, 1.807) is 27.7 Å². The molecule has 3 atom stereocenters. The van der Waals surface area contributed by atoms with Gasteiger partial charge in [-0.25, -0.2) is 0 Å². The summed E-state index contributed by atoms with van der Waals surface area (Å²) in [5.74, 6) is -1.42. The lowest BCUT2D eigenvalue weighted by Gasteiger charge is -2.24. The number of carbonyl (C=O) groups excluding carboxylic acids is 5. The number of unbranched alkanes of at least 4 members (excludes halogenated alkanes) is 2. The molecular weight excluding hydrogens is 386 g/mol. The zero-order chi connectivity index (χ0) is 23.0. The average molecular weight is 428 g/mol. The molecule has 0 aromatic carbocycles. The molecule has 1 aliphatic heterocycles. The second-order valence-electron chi connectivity index (χ2n) is 8.88. The van der Waals surface area contributed by atoms with E-state index in [0.29, 0.717) is 25.8 Å². The summed E-state index contributed by atoms with van der Waals surface area (Å²) in [5, 5.41) is 5.46. The molecule has 30 heavy (non-hydrogen) atoms. The summed E-state index contributed by atoms with van der Waals surface area (Å²) in [7, 11) is 0. The number of Topliss-reactive ketones (excluding diaryl/α,β-unsaturated/α-hetero) is 1. The Kier molecular flexibility index (Phi) is 10.2. The van der Waals surface area contributed by atoms with E-state index < -0.39 is 12.1 Å². The molecular formula is C22H41N3O5. The molecule has 8 heteroatoms. The molecule has 2 N–H and O–H groups in total. The molecule has 0 aromatic rings. The van der Waals surface area contributed by atoms with Gasteiger partial charge in [0.1, 0.15) is 6.04 Å². The first-order chi connectivity index (χ1) is 14.0. The Balaban J connectivity index is 0. The van der Waals surface area contributed by atoms with E-state index in [4.69, 9.17) is 0 Å². The summed E-state index contributed by atoms with van der Waals surface area (Å²) < 4.78 is 0. The molecule has 1 unspecified atom stereocenters. The summed E-state index contributed by atoms with van der Waals surface area (Å²) in [4.78, 5) is 61.7. The Bertz CT molecular complexity index is 670. The Labute approximate surface area is 182 Å². The second kappa shape index (κ2) is 11.8. The number of nitrogens with zero attached hydrogens (tertiary/aromatic N) is 1. The van der Waals surface area contributed by atoms with Gasteiger partial charge in [-0.1, -0.05) is 41.0 Å². The van der Waals surface area contributed by atoms with Crippen molar-refractivity contribution < 1.29 is 26.8 Å². The first kappa shape index (κ1) is 25.8. The maximum atomic E-state index is 12.5. The van der Waals surface area contributed by atoms with E-state index in [9.17, 15) is 24.0 Å². The van der Waals surface area contributed by atoms with Crippen molar-refractivity contribution in [3.8, 4) is 0 Å². The number of hydrogen-bond acceptors (Lipinski definition) is 5. The van der Waals surface area contributed by atoms with E-state index >= 15 is 0 Å². The van der Waals surface area contributed by atoms with Crippen LogP contribution in [0.3, 0.4) is 0 Å². The molecule has 0 saturated carbocycles. The van der Waals surface area contributed by atoms with Crippen LogP contribution in [0.4, 0.5) is 0 Å². The van der Waals surface area contributed by atoms with Gasteiger partial charge >= 0.3 is 0 Å². The fourth-order valence-corrected chi connectivity index (χ4v) is 3.47. The van der Waals surface area contributed by atoms with Gasteiger partial charge in [0, 0.05) is 34.1 Å². The van der Waals surface area contributed by atoms with Gasteiger partial charge in [-0.2, -0.15) is 0 Å². The highest BCUT2D eigenvalue weighted by atomic mass is 16.2. The standard InChI is InChI=1S/C22H37N3O5.2H2/c1-13(2)19(21(29)23-16(6)20(28)14(3)4)24-17(26)10-8-7-9-11-25-18(27)12-15(5)22(25)30;;/h13-16,19H,7-12H2,1-6H3,(H,23,29)(H,24,26);2*1H/t15?,16-,19-;;/m0../s1. The van der Waals surface area contributed by atoms with Crippen LogP contribution >= 0.6 is 0 Å². The van der Waals surface area contributed by atoms with Gasteiger partial charge in [0.25, 0.3) is 0 Å². The predicted molar refractivity (Wildman–Crippen MR) is 117 cm³/mol. The number of amides is 4. The minimum absolute atomic E-state index is 0. The summed E-state index contributed by atoms with van der Waals surface area (Å²) in [6.45, 7) is 11.0. The minimum atomic E-state index is -0.707. The Hall–Kier alpha value is -2.25. The fraction of sp³-hybridized carbons (Fsp3) is 0.773. The van der Waals surface area contributed by atoms with Gasteiger partial charge in [0.05, 0.1) is 6.04 Å². The van der Waals surface area contributed by atoms with Gasteiger partial charge in [0.2, 0.25) is 23.6 Å². The van der Waals surface area contributed by atoms with Crippen molar-refractivity contribution in [3.63, 3.8) is 0 Å². The molecule has 0 spiro atoms. The monoisotopic (exact) mass is 427 g/mol. The number of likely N-dealkylation sites (tertiary alicyclic amines) is 1. The van der Waals surface area contributed by atoms with Crippen LogP contribution in [0, 0.1) is 17.8 Å². The normalized spacial score (nSPS) is 18.7. The number of ketones is 1. The molecule has 8 nitrogen and oxygen atoms in total. The van der Waals surface area contributed by atoms with Gasteiger partial charge < -0.3 is 10.6 Å². The Morgan fingerprint density at radius 2 is 1.67 bits per heavy atom. The zero-order valence-corrected chi connectivity index (χ0v) is 19.1. The fourth-order valence-electron chi connectivity index (χ4n) is 3.47. The van der Waals surface area contributed by atoms with Crippen LogP contribution in [0.1, 0.15) is 76.5 Å². The van der Waals surface area contributed by atoms with Crippen molar-refractivity contribution in [2.24, 2.45) is 17.8 Å². The van der Waals surface area contributed by atoms with Crippen molar-refractivity contribution in [2.75, 3.05) is 6.54 Å². The predicted octanol–water partition coefficient (Wildman–Crippen LogP) is 2.30. The Morgan fingerprint density at radius 3 is 2.17 bits per heavy atom. The summed E-state index contributed by atoms with van der Waals surface area (Å²) in [5.41, 5.74) is 0. The van der Waals surface area contributed by atoms with Crippen LogP contribution in [-0.2, 0) is 24.0 Å². The Morgan fingerprint density at radius 1 is 1.03 bits per heavy atom. The van der Waals surface area contributed by atoms with E-state index in [0.717, 1.165) is 0 Å². The number of nitrogens with one attached hydrogen (secondary N) is 2. The van der Waals surface area contributed by atoms with Crippen molar-refractivity contribution in [1.82, 2.24) is 15.5 Å². The van der Waals surface area contributed by atoms with Gasteiger partial charge in [-0.05, 0) is 25.7 Å². The largest absolute Gasteiger partial charge is 0.345 e. The number of carbonyl (C=O) groups is 5. The molecule has 174 valence electrons. The highest BCUT2D eigenvalue weighted by Crippen LogP contribution is 2.19. The quantitative estimate of drug-likeness (QED) is 0.367. The molecule has 0 aromatic heterocycles. The van der Waals surface area contributed by atoms with Crippen molar-refractivity contribution in [2.45, 2.75) is 85.7 Å². The molecule has 0 aliphatic carbocycles. The average Bonchev–Trinajstić information content (AvgIpc) is 2.90. The third-order valence-electron chi connectivity index (χ3n) is 5.38. The number of imide groups is 1. The molecule has 4 amide bonds. The molecule has 1 fully saturated rings. The SMILES string of the molecule is CC(C)C(=O)[C@H](C)NC(=O)[C@@H](NC(=O)CCCCCN1C(=O)CC(C)C1=O)C(C)C.[HH].[HH]. The van der Waals surface area contributed by atoms with Crippen molar-refractivity contribution >= 4 is 29.4 Å². The highest BCUT2D eigenvalue weighted by molar-refractivity contribution is 6.03. The third kappa shape index (κ3) is 7.54. The minimum Gasteiger partial charge on any atom is -0.345 e. The van der Waals surface area contributed by atoms with Crippen LogP contribution in [0.5, 0.6) is 0 Å². The molecule has 0 bridgehead atoms. The van der Waals surface area contributed by atoms with Crippen LogP contribution in [0.15, 0.2) is 0 Å². The first-order valence-electron chi connectivity index (χ1n) is 10.9.